The molecule has 0 unspecified atom stereocenters. The fourth-order valence-corrected chi connectivity index (χ4v) is 3.01. The van der Waals surface area contributed by atoms with Gasteiger partial charge in [0, 0.05) is 6.54 Å². The van der Waals surface area contributed by atoms with Gasteiger partial charge in [-0.1, -0.05) is 12.1 Å². The van der Waals surface area contributed by atoms with Crippen molar-refractivity contribution in [1.82, 2.24) is 9.21 Å². The summed E-state index contributed by atoms with van der Waals surface area (Å²) in [5.74, 6) is 0.166. The molecular formula is C17H29N3O4S. The molecule has 0 fully saturated rings. The normalized spacial score (nSPS) is 12.0. The zero-order valence-corrected chi connectivity index (χ0v) is 16.5. The average Bonchev–Trinajstić information content (AvgIpc) is 2.46. The van der Waals surface area contributed by atoms with Gasteiger partial charge in [-0.15, -0.1) is 0 Å². The zero-order valence-electron chi connectivity index (χ0n) is 15.7. The predicted octanol–water partition coefficient (Wildman–Crippen LogP) is 1.63. The van der Waals surface area contributed by atoms with E-state index >= 15 is 0 Å². The largest absolute Gasteiger partial charge is 0.489 e. The van der Waals surface area contributed by atoms with E-state index < -0.39 is 15.9 Å². The number of nitrogens with zero attached hydrogens (tertiary/aromatic N) is 2. The second-order valence-corrected chi connectivity index (χ2v) is 8.45. The van der Waals surface area contributed by atoms with E-state index in [-0.39, 0.29) is 12.6 Å². The Balaban J connectivity index is 2.75. The van der Waals surface area contributed by atoms with E-state index in [9.17, 15) is 13.2 Å². The molecule has 0 spiro atoms. The number of sulfonamides is 1. The number of carbonyl (C=O) groups is 1. The molecule has 1 aromatic rings. The number of nitrogens with one attached hydrogen (secondary N) is 1. The maximum absolute atomic E-state index is 12.3. The third-order valence-electron chi connectivity index (χ3n) is 3.33. The van der Waals surface area contributed by atoms with Gasteiger partial charge in [0.25, 0.3) is 0 Å². The smallest absolute Gasteiger partial charge is 0.239 e. The van der Waals surface area contributed by atoms with Crippen molar-refractivity contribution in [2.24, 2.45) is 0 Å². The SMILES string of the molecule is CC(C)Oc1ccccc1NC(=O)CN(CCCN(C)C)S(C)(=O)=O. The summed E-state index contributed by atoms with van der Waals surface area (Å²) in [5.41, 5.74) is 0.531. The lowest BCUT2D eigenvalue weighted by Crippen LogP contribution is -2.38. The van der Waals surface area contributed by atoms with Gasteiger partial charge < -0.3 is 15.0 Å². The van der Waals surface area contributed by atoms with Gasteiger partial charge in [0.2, 0.25) is 15.9 Å². The van der Waals surface area contributed by atoms with Crippen LogP contribution in [0.15, 0.2) is 24.3 Å². The Labute approximate surface area is 151 Å². The van der Waals surface area contributed by atoms with Gasteiger partial charge >= 0.3 is 0 Å². The minimum atomic E-state index is -3.46. The molecule has 0 heterocycles. The van der Waals surface area contributed by atoms with Crippen LogP contribution in [0.5, 0.6) is 5.75 Å². The molecule has 1 aromatic carbocycles. The molecule has 0 aliphatic heterocycles. The standard InChI is InChI=1S/C17H29N3O4S/c1-14(2)24-16-10-7-6-9-15(16)18-17(21)13-20(25(5,22)23)12-8-11-19(3)4/h6-7,9-10,14H,8,11-13H2,1-5H3,(H,18,21). The Morgan fingerprint density at radius 1 is 1.20 bits per heavy atom. The maximum Gasteiger partial charge on any atom is 0.239 e. The van der Waals surface area contributed by atoms with Crippen LogP contribution in [0.4, 0.5) is 5.69 Å². The quantitative estimate of drug-likeness (QED) is 0.676. The predicted molar refractivity (Wildman–Crippen MR) is 100 cm³/mol. The van der Waals surface area contributed by atoms with Crippen molar-refractivity contribution in [3.63, 3.8) is 0 Å². The minimum absolute atomic E-state index is 0.0309. The van der Waals surface area contributed by atoms with Crippen LogP contribution in [-0.2, 0) is 14.8 Å². The van der Waals surface area contributed by atoms with Crippen LogP contribution in [0.1, 0.15) is 20.3 Å². The molecule has 0 atom stereocenters. The van der Waals surface area contributed by atoms with Gasteiger partial charge in [0.15, 0.2) is 0 Å². The third kappa shape index (κ3) is 8.33. The molecule has 8 heteroatoms. The maximum atomic E-state index is 12.3. The lowest BCUT2D eigenvalue weighted by atomic mass is 10.3. The number of amides is 1. The fraction of sp³-hybridized carbons (Fsp3) is 0.588. The van der Waals surface area contributed by atoms with Gasteiger partial charge in [0.1, 0.15) is 5.75 Å². The van der Waals surface area contributed by atoms with Gasteiger partial charge in [-0.05, 0) is 53.0 Å². The van der Waals surface area contributed by atoms with E-state index in [0.717, 1.165) is 12.8 Å². The van der Waals surface area contributed by atoms with Crippen molar-refractivity contribution < 1.29 is 17.9 Å². The highest BCUT2D eigenvalue weighted by atomic mass is 32.2. The fourth-order valence-electron chi connectivity index (χ4n) is 2.20. The Bertz CT molecular complexity index is 660. The molecule has 1 amide bonds. The number of anilines is 1. The van der Waals surface area contributed by atoms with E-state index in [1.807, 2.05) is 38.9 Å². The Morgan fingerprint density at radius 2 is 1.84 bits per heavy atom. The minimum Gasteiger partial charge on any atom is -0.489 e. The first-order valence-corrected chi connectivity index (χ1v) is 10.1. The number of hydrogen-bond acceptors (Lipinski definition) is 5. The van der Waals surface area contributed by atoms with Crippen molar-refractivity contribution in [2.45, 2.75) is 26.4 Å². The summed E-state index contributed by atoms with van der Waals surface area (Å²) in [6, 6.07) is 7.10. The van der Waals surface area contributed by atoms with Crippen LogP contribution in [0.25, 0.3) is 0 Å². The van der Waals surface area contributed by atoms with E-state index in [4.69, 9.17) is 4.74 Å². The van der Waals surface area contributed by atoms with E-state index in [1.165, 1.54) is 4.31 Å². The molecule has 0 saturated heterocycles. The lowest BCUT2D eigenvalue weighted by molar-refractivity contribution is -0.116. The molecule has 0 radical (unpaired) electrons. The summed E-state index contributed by atoms with van der Waals surface area (Å²) in [5, 5.41) is 2.74. The molecular weight excluding hydrogens is 342 g/mol. The molecule has 0 aromatic heterocycles. The topological polar surface area (TPSA) is 79.0 Å². The second kappa shape index (κ2) is 9.74. The number of carbonyl (C=O) groups excluding carboxylic acids is 1. The van der Waals surface area contributed by atoms with E-state index in [1.54, 1.807) is 18.2 Å². The van der Waals surface area contributed by atoms with Crippen molar-refractivity contribution in [3.05, 3.63) is 24.3 Å². The van der Waals surface area contributed by atoms with Crippen LogP contribution in [0.3, 0.4) is 0 Å². The molecule has 0 bridgehead atoms. The highest BCUT2D eigenvalue weighted by Gasteiger charge is 2.20. The van der Waals surface area contributed by atoms with Crippen molar-refractivity contribution in [3.8, 4) is 5.75 Å². The molecule has 7 nitrogen and oxygen atoms in total. The molecule has 25 heavy (non-hydrogen) atoms. The van der Waals surface area contributed by atoms with Gasteiger partial charge in [-0.3, -0.25) is 4.79 Å². The highest BCUT2D eigenvalue weighted by Crippen LogP contribution is 2.24. The first-order chi connectivity index (χ1) is 11.6. The van der Waals surface area contributed by atoms with E-state index in [2.05, 4.69) is 5.32 Å². The second-order valence-electron chi connectivity index (χ2n) is 6.46. The summed E-state index contributed by atoms with van der Waals surface area (Å²) < 4.78 is 30.7. The molecule has 0 saturated carbocycles. The Kier molecular flexibility index (Phi) is 8.34. The summed E-state index contributed by atoms with van der Waals surface area (Å²) >= 11 is 0. The first kappa shape index (κ1) is 21.4. The number of para-hydroxylation sites is 2. The average molecular weight is 372 g/mol. The molecule has 0 aliphatic carbocycles. The molecule has 1 N–H and O–H groups in total. The number of ether oxygens (including phenoxy) is 1. The van der Waals surface area contributed by atoms with Crippen molar-refractivity contribution in [1.29, 1.82) is 0 Å². The van der Waals surface area contributed by atoms with Gasteiger partial charge in [-0.2, -0.15) is 4.31 Å². The van der Waals surface area contributed by atoms with Crippen LogP contribution >= 0.6 is 0 Å². The van der Waals surface area contributed by atoms with E-state index in [0.29, 0.717) is 24.4 Å². The highest BCUT2D eigenvalue weighted by molar-refractivity contribution is 7.88. The van der Waals surface area contributed by atoms with Crippen LogP contribution in [0.2, 0.25) is 0 Å². The first-order valence-electron chi connectivity index (χ1n) is 8.25. The van der Waals surface area contributed by atoms with Crippen molar-refractivity contribution in [2.75, 3.05) is 45.3 Å². The number of benzene rings is 1. The zero-order chi connectivity index (χ0) is 19.0. The lowest BCUT2D eigenvalue weighted by Gasteiger charge is -2.21. The summed E-state index contributed by atoms with van der Waals surface area (Å²) in [6.45, 7) is 4.62. The monoisotopic (exact) mass is 371 g/mol. The van der Waals surface area contributed by atoms with Crippen LogP contribution in [-0.4, -0.2) is 69.6 Å². The summed E-state index contributed by atoms with van der Waals surface area (Å²) in [4.78, 5) is 14.3. The number of rotatable bonds is 10. The van der Waals surface area contributed by atoms with Gasteiger partial charge in [-0.25, -0.2) is 8.42 Å². The molecule has 142 valence electrons. The van der Waals surface area contributed by atoms with Crippen molar-refractivity contribution >= 4 is 21.6 Å². The number of hydrogen-bond donors (Lipinski definition) is 1. The Morgan fingerprint density at radius 3 is 2.40 bits per heavy atom. The van der Waals surface area contributed by atoms with Gasteiger partial charge in [0.05, 0.1) is 24.6 Å². The summed E-state index contributed by atoms with van der Waals surface area (Å²) in [7, 11) is 0.383. The Hall–Kier alpha value is -1.64. The molecule has 0 aliphatic rings. The van der Waals surface area contributed by atoms with Crippen LogP contribution < -0.4 is 10.1 Å². The third-order valence-corrected chi connectivity index (χ3v) is 4.58. The van der Waals surface area contributed by atoms with Crippen LogP contribution in [0, 0.1) is 0 Å². The summed E-state index contributed by atoms with van der Waals surface area (Å²) in [6.07, 6.45) is 1.74. The molecule has 1 rings (SSSR count).